The number of anilines is 1. The number of rotatable bonds is 4. The van der Waals surface area contributed by atoms with E-state index in [4.69, 9.17) is 16.0 Å². The number of para-hydroxylation sites is 1. The number of hydrogen-bond donors (Lipinski definition) is 1. The topological polar surface area (TPSA) is 68.0 Å². The van der Waals surface area contributed by atoms with Crippen LogP contribution in [0.15, 0.2) is 58.2 Å². The van der Waals surface area contributed by atoms with Gasteiger partial charge in [0.15, 0.2) is 5.58 Å². The third kappa shape index (κ3) is 3.52. The molecule has 4 rings (SSSR count). The van der Waals surface area contributed by atoms with Gasteiger partial charge in [-0.15, -0.1) is 0 Å². The Morgan fingerprint density at radius 3 is 2.88 bits per heavy atom. The Labute approximate surface area is 158 Å². The van der Waals surface area contributed by atoms with E-state index in [-0.39, 0.29) is 11.7 Å². The Bertz CT molecular complexity index is 1130. The van der Waals surface area contributed by atoms with Crippen molar-refractivity contribution in [2.75, 3.05) is 11.1 Å². The lowest BCUT2D eigenvalue weighted by atomic mass is 10.1. The van der Waals surface area contributed by atoms with Crippen LogP contribution in [0.5, 0.6) is 0 Å². The molecule has 5 nitrogen and oxygen atoms in total. The fourth-order valence-corrected chi connectivity index (χ4v) is 3.47. The smallest absolute Gasteiger partial charge is 0.257 e. The number of nitrogens with zero attached hydrogens (tertiary/aromatic N) is 2. The van der Waals surface area contributed by atoms with E-state index in [0.717, 1.165) is 22.3 Å². The Morgan fingerprint density at radius 1 is 1.15 bits per heavy atom. The molecule has 0 aliphatic carbocycles. The van der Waals surface area contributed by atoms with Gasteiger partial charge in [-0.05, 0) is 37.3 Å². The molecule has 26 heavy (non-hydrogen) atoms. The molecule has 1 N–H and O–H groups in total. The van der Waals surface area contributed by atoms with Crippen LogP contribution in [0.3, 0.4) is 0 Å². The summed E-state index contributed by atoms with van der Waals surface area (Å²) in [4.78, 5) is 21.2. The van der Waals surface area contributed by atoms with Crippen LogP contribution in [0.1, 0.15) is 5.69 Å². The van der Waals surface area contributed by atoms with Gasteiger partial charge in [-0.1, -0.05) is 41.6 Å². The van der Waals surface area contributed by atoms with Crippen LogP contribution in [-0.2, 0) is 4.79 Å². The number of fused-ring (bicyclic) bond motifs is 2. The second-order valence-electron chi connectivity index (χ2n) is 5.76. The summed E-state index contributed by atoms with van der Waals surface area (Å²) in [7, 11) is 0. The van der Waals surface area contributed by atoms with Gasteiger partial charge in [0.05, 0.1) is 17.0 Å². The first-order valence-electron chi connectivity index (χ1n) is 7.93. The van der Waals surface area contributed by atoms with Crippen molar-refractivity contribution < 1.29 is 9.21 Å². The molecule has 0 saturated carbocycles. The molecule has 0 atom stereocenters. The zero-order chi connectivity index (χ0) is 18.1. The van der Waals surface area contributed by atoms with Crippen LogP contribution in [0.4, 0.5) is 5.69 Å². The first-order chi connectivity index (χ1) is 12.6. The van der Waals surface area contributed by atoms with Gasteiger partial charge in [0.25, 0.3) is 5.22 Å². The minimum atomic E-state index is -0.133. The van der Waals surface area contributed by atoms with Crippen LogP contribution in [0, 0.1) is 6.92 Å². The molecule has 0 unspecified atom stereocenters. The average Bonchev–Trinajstić information content (AvgIpc) is 3.02. The Balaban J connectivity index is 1.48. The average molecular weight is 384 g/mol. The summed E-state index contributed by atoms with van der Waals surface area (Å²) in [6.07, 6.45) is 0. The minimum absolute atomic E-state index is 0.133. The van der Waals surface area contributed by atoms with E-state index < -0.39 is 0 Å². The maximum atomic E-state index is 12.4. The normalized spacial score (nSPS) is 11.2. The molecule has 1 amide bonds. The Morgan fingerprint density at radius 2 is 2.00 bits per heavy atom. The molecule has 4 aromatic rings. The molecule has 0 saturated heterocycles. The molecule has 0 bridgehead atoms. The van der Waals surface area contributed by atoms with Gasteiger partial charge in [-0.2, -0.15) is 0 Å². The zero-order valence-corrected chi connectivity index (χ0v) is 15.4. The van der Waals surface area contributed by atoms with Crippen LogP contribution < -0.4 is 5.32 Å². The highest BCUT2D eigenvalue weighted by Gasteiger charge is 2.12. The first-order valence-corrected chi connectivity index (χ1v) is 9.30. The molecule has 2 heterocycles. The number of halogens is 1. The maximum Gasteiger partial charge on any atom is 0.257 e. The predicted molar refractivity (Wildman–Crippen MR) is 105 cm³/mol. The number of benzene rings is 2. The molecular weight excluding hydrogens is 370 g/mol. The van der Waals surface area contributed by atoms with Gasteiger partial charge in [0.1, 0.15) is 5.52 Å². The van der Waals surface area contributed by atoms with Crippen molar-refractivity contribution in [1.29, 1.82) is 0 Å². The van der Waals surface area contributed by atoms with E-state index in [1.165, 1.54) is 11.8 Å². The summed E-state index contributed by atoms with van der Waals surface area (Å²) in [6.45, 7) is 1.90. The maximum absolute atomic E-state index is 12.4. The molecule has 0 spiro atoms. The molecule has 7 heteroatoms. The van der Waals surface area contributed by atoms with Crippen LogP contribution in [0.25, 0.3) is 22.0 Å². The summed E-state index contributed by atoms with van der Waals surface area (Å²) in [5, 5.41) is 4.89. The standard InChI is InChI=1S/C19H14ClN3O2S/c1-11-8-15(13-4-2-3-5-14(13)21-11)22-18(24)10-26-19-23-16-9-12(20)6-7-17(16)25-19/h2-9H,10H2,1H3,(H,21,22,24). The van der Waals surface area contributed by atoms with E-state index in [1.807, 2.05) is 37.3 Å². The molecule has 0 radical (unpaired) electrons. The molecule has 0 fully saturated rings. The van der Waals surface area contributed by atoms with Crippen molar-refractivity contribution in [1.82, 2.24) is 9.97 Å². The van der Waals surface area contributed by atoms with Crippen LogP contribution >= 0.6 is 23.4 Å². The van der Waals surface area contributed by atoms with Crippen molar-refractivity contribution in [3.05, 3.63) is 59.2 Å². The first kappa shape index (κ1) is 16.9. The lowest BCUT2D eigenvalue weighted by molar-refractivity contribution is -0.113. The summed E-state index contributed by atoms with van der Waals surface area (Å²) in [5.41, 5.74) is 3.78. The predicted octanol–water partition coefficient (Wildman–Crippen LogP) is 5.07. The summed E-state index contributed by atoms with van der Waals surface area (Å²) in [6, 6.07) is 14.8. The number of thioether (sulfide) groups is 1. The number of aryl methyl sites for hydroxylation is 1. The molecule has 0 aliphatic rings. The van der Waals surface area contributed by atoms with Gasteiger partial charge in [0, 0.05) is 16.1 Å². The van der Waals surface area contributed by atoms with Gasteiger partial charge in [-0.3, -0.25) is 9.78 Å². The largest absolute Gasteiger partial charge is 0.431 e. The number of carbonyl (C=O) groups excluding carboxylic acids is 1. The van der Waals surface area contributed by atoms with Crippen LogP contribution in [0.2, 0.25) is 5.02 Å². The highest BCUT2D eigenvalue weighted by Crippen LogP contribution is 2.26. The Hall–Kier alpha value is -2.57. The van der Waals surface area contributed by atoms with Crippen molar-refractivity contribution in [3.63, 3.8) is 0 Å². The summed E-state index contributed by atoms with van der Waals surface area (Å²) in [5.74, 6) is 0.0574. The highest BCUT2D eigenvalue weighted by atomic mass is 35.5. The number of carbonyl (C=O) groups is 1. The number of pyridine rings is 1. The van der Waals surface area contributed by atoms with Crippen molar-refractivity contribution in [3.8, 4) is 0 Å². The molecule has 2 aromatic carbocycles. The second kappa shape index (κ2) is 6.97. The molecule has 0 aliphatic heterocycles. The number of hydrogen-bond acceptors (Lipinski definition) is 5. The number of oxazole rings is 1. The monoisotopic (exact) mass is 383 g/mol. The van der Waals surface area contributed by atoms with Gasteiger partial charge in [-0.25, -0.2) is 4.98 Å². The van der Waals surface area contributed by atoms with E-state index in [1.54, 1.807) is 18.2 Å². The Kier molecular flexibility index (Phi) is 4.53. The lowest BCUT2D eigenvalue weighted by Crippen LogP contribution is -2.14. The van der Waals surface area contributed by atoms with Gasteiger partial charge in [0.2, 0.25) is 5.91 Å². The van der Waals surface area contributed by atoms with E-state index >= 15 is 0 Å². The minimum Gasteiger partial charge on any atom is -0.431 e. The molecular formula is C19H14ClN3O2S. The lowest BCUT2D eigenvalue weighted by Gasteiger charge is -2.09. The van der Waals surface area contributed by atoms with E-state index in [9.17, 15) is 4.79 Å². The fourth-order valence-electron chi connectivity index (χ4n) is 2.67. The van der Waals surface area contributed by atoms with Crippen molar-refractivity contribution in [2.24, 2.45) is 0 Å². The molecule has 130 valence electrons. The number of nitrogens with one attached hydrogen (secondary N) is 1. The quantitative estimate of drug-likeness (QED) is 0.498. The summed E-state index contributed by atoms with van der Waals surface area (Å²) < 4.78 is 5.62. The second-order valence-corrected chi connectivity index (χ2v) is 7.12. The van der Waals surface area contributed by atoms with Gasteiger partial charge >= 0.3 is 0 Å². The number of aromatic nitrogens is 2. The number of amides is 1. The van der Waals surface area contributed by atoms with E-state index in [2.05, 4.69) is 15.3 Å². The van der Waals surface area contributed by atoms with Gasteiger partial charge < -0.3 is 9.73 Å². The van der Waals surface area contributed by atoms with Crippen molar-refractivity contribution >= 4 is 57.0 Å². The third-order valence-corrected chi connectivity index (χ3v) is 4.84. The van der Waals surface area contributed by atoms with Crippen molar-refractivity contribution in [2.45, 2.75) is 12.1 Å². The van der Waals surface area contributed by atoms with E-state index in [0.29, 0.717) is 21.3 Å². The highest BCUT2D eigenvalue weighted by molar-refractivity contribution is 7.99. The SMILES string of the molecule is Cc1cc(NC(=O)CSc2nc3cc(Cl)ccc3o2)c2ccccc2n1. The molecule has 2 aromatic heterocycles. The third-order valence-electron chi connectivity index (χ3n) is 3.78. The zero-order valence-electron chi connectivity index (χ0n) is 13.8. The summed E-state index contributed by atoms with van der Waals surface area (Å²) >= 11 is 7.19. The fraction of sp³-hybridized carbons (Fsp3) is 0.105. The van der Waals surface area contributed by atoms with Crippen LogP contribution in [-0.4, -0.2) is 21.6 Å².